The average molecular weight is 465 g/mol. The maximum atomic E-state index is 11.2. The van der Waals surface area contributed by atoms with Gasteiger partial charge in [0, 0.05) is 11.1 Å². The van der Waals surface area contributed by atoms with E-state index in [0.29, 0.717) is 28.3 Å². The zero-order valence-electron chi connectivity index (χ0n) is 16.8. The molecule has 1 aliphatic heterocycles. The van der Waals surface area contributed by atoms with E-state index in [1.165, 1.54) is 13.4 Å². The topological polar surface area (TPSA) is 117 Å². The minimum Gasteiger partial charge on any atom is -0.803 e. The van der Waals surface area contributed by atoms with Gasteiger partial charge >= 0.3 is 59.1 Å². The number of fused-ring (bicyclic) bond motifs is 1. The minimum atomic E-state index is -4.84. The first-order valence-electron chi connectivity index (χ1n) is 8.11. The van der Waals surface area contributed by atoms with E-state index in [-0.39, 0.29) is 87.9 Å². The number of methoxy groups -OCH3 is 1. The predicted molar refractivity (Wildman–Crippen MR) is 98.3 cm³/mol. The summed E-state index contributed by atoms with van der Waals surface area (Å²) in [6, 6.07) is 8.59. The molecule has 0 spiro atoms. The standard InChI is InChI=1S/C18H16NO7PS.2Na/c1-10-5-12(6-15-18(10)25-9-24-15)17-13(8-26-19-17)11-3-4-14(23-2)16(7-11)28-27(20,21)22;;/h3-8H,9H2,1-2H3,(H2,20,21,22);;/q;2*+1/p-2. The summed E-state index contributed by atoms with van der Waals surface area (Å²) in [5.74, 6) is 1.60. The molecule has 0 N–H and O–H groups in total. The van der Waals surface area contributed by atoms with E-state index >= 15 is 0 Å². The zero-order valence-corrected chi connectivity index (χ0v) is 22.5. The van der Waals surface area contributed by atoms with Gasteiger partial charge in [0.2, 0.25) is 6.79 Å². The molecule has 8 nitrogen and oxygen atoms in total. The summed E-state index contributed by atoms with van der Waals surface area (Å²) < 4.78 is 32.5. The van der Waals surface area contributed by atoms with Crippen LogP contribution in [0.5, 0.6) is 17.2 Å². The van der Waals surface area contributed by atoms with Crippen LogP contribution in [0.1, 0.15) is 5.56 Å². The number of aromatic nitrogens is 1. The molecule has 12 heteroatoms. The number of benzene rings is 2. The second-order valence-electron chi connectivity index (χ2n) is 6.01. The van der Waals surface area contributed by atoms with Crippen molar-refractivity contribution in [1.82, 2.24) is 5.16 Å². The van der Waals surface area contributed by atoms with Crippen LogP contribution in [0.3, 0.4) is 0 Å². The molecule has 30 heavy (non-hydrogen) atoms. The molecule has 2 heterocycles. The first-order chi connectivity index (χ1) is 13.4. The smallest absolute Gasteiger partial charge is 0.803 e. The van der Waals surface area contributed by atoms with E-state index < -0.39 is 6.80 Å². The first kappa shape index (κ1) is 25.8. The van der Waals surface area contributed by atoms with Crippen LogP contribution in [0, 0.1) is 6.92 Å². The summed E-state index contributed by atoms with van der Waals surface area (Å²) in [6.45, 7) is -2.78. The molecule has 0 saturated heterocycles. The molecule has 4 rings (SSSR count). The molecule has 0 bridgehead atoms. The molecule has 0 aliphatic carbocycles. The Balaban J connectivity index is 0.00000160. The Morgan fingerprint density at radius 1 is 1.13 bits per heavy atom. The van der Waals surface area contributed by atoms with E-state index in [4.69, 9.17) is 18.7 Å². The largest absolute Gasteiger partial charge is 1.00 e. The third kappa shape index (κ3) is 5.48. The second kappa shape index (κ2) is 10.4. The van der Waals surface area contributed by atoms with Crippen LogP contribution in [0.4, 0.5) is 0 Å². The van der Waals surface area contributed by atoms with Gasteiger partial charge in [-0.05, 0) is 49.1 Å². The summed E-state index contributed by atoms with van der Waals surface area (Å²) >= 11 is 0.216. The number of aryl methyl sites for hydroxylation is 1. The third-order valence-electron chi connectivity index (χ3n) is 4.19. The van der Waals surface area contributed by atoms with Crippen LogP contribution in [0.25, 0.3) is 22.4 Å². The number of ether oxygens (including phenoxy) is 3. The predicted octanol–water partition coefficient (Wildman–Crippen LogP) is -3.02. The fourth-order valence-corrected chi connectivity index (χ4v) is 4.82. The van der Waals surface area contributed by atoms with Crippen molar-refractivity contribution in [1.29, 1.82) is 0 Å². The number of nitrogens with zero attached hydrogens (tertiary/aromatic N) is 1. The zero-order chi connectivity index (χ0) is 19.9. The third-order valence-corrected chi connectivity index (χ3v) is 6.19. The van der Waals surface area contributed by atoms with Gasteiger partial charge in [-0.1, -0.05) is 22.6 Å². The van der Waals surface area contributed by atoms with Crippen molar-refractivity contribution in [3.05, 3.63) is 42.2 Å². The number of rotatable bonds is 5. The second-order valence-corrected chi connectivity index (χ2v) is 9.41. The molecule has 1 aromatic heterocycles. The SMILES string of the molecule is COc1ccc(-c2conc2-c2cc(C)c3c(c2)OCO3)cc1SP(=O)([O-])[O-].[Na+].[Na+]. The monoisotopic (exact) mass is 465 g/mol. The molecule has 0 fully saturated rings. The summed E-state index contributed by atoms with van der Waals surface area (Å²) in [5, 5.41) is 4.09. The van der Waals surface area contributed by atoms with Gasteiger partial charge in [-0.25, -0.2) is 0 Å². The van der Waals surface area contributed by atoms with Crippen LogP contribution in [-0.2, 0) is 4.57 Å². The molecule has 146 valence electrons. The van der Waals surface area contributed by atoms with Crippen molar-refractivity contribution >= 4 is 18.2 Å². The van der Waals surface area contributed by atoms with Gasteiger partial charge in [0.1, 0.15) is 17.7 Å². The maximum absolute atomic E-state index is 11.2. The van der Waals surface area contributed by atoms with Gasteiger partial charge < -0.3 is 33.1 Å². The fourth-order valence-electron chi connectivity index (χ4n) is 3.01. The molecule has 3 aromatic rings. The van der Waals surface area contributed by atoms with E-state index in [1.54, 1.807) is 24.3 Å². The van der Waals surface area contributed by atoms with E-state index in [1.807, 2.05) is 13.0 Å². The van der Waals surface area contributed by atoms with E-state index in [9.17, 15) is 14.4 Å². The summed E-state index contributed by atoms with van der Waals surface area (Å²) in [4.78, 5) is 22.6. The average Bonchev–Trinajstić information content (AvgIpc) is 3.29. The molecule has 0 amide bonds. The van der Waals surface area contributed by atoms with Crippen molar-refractivity contribution in [3.8, 4) is 39.6 Å². The van der Waals surface area contributed by atoms with Gasteiger partial charge in [0.15, 0.2) is 11.5 Å². The summed E-state index contributed by atoms with van der Waals surface area (Å²) in [6.07, 6.45) is 1.46. The molecule has 0 saturated carbocycles. The van der Waals surface area contributed by atoms with Crippen molar-refractivity contribution < 1.29 is 92.2 Å². The summed E-state index contributed by atoms with van der Waals surface area (Å²) in [5.41, 5.74) is 3.46. The van der Waals surface area contributed by atoms with Crippen molar-refractivity contribution in [3.63, 3.8) is 0 Å². The van der Waals surface area contributed by atoms with Gasteiger partial charge in [0.25, 0.3) is 0 Å². The Hall–Kier alpha value is -0.450. The molecule has 2 aromatic carbocycles. The van der Waals surface area contributed by atoms with Crippen LogP contribution in [0.15, 0.2) is 46.0 Å². The molecule has 0 atom stereocenters. The Labute approximate surface area is 221 Å². The minimum absolute atomic E-state index is 0. The van der Waals surface area contributed by atoms with Crippen molar-refractivity contribution in [2.24, 2.45) is 0 Å². The fraction of sp³-hybridized carbons (Fsp3) is 0.167. The Kier molecular flexibility index (Phi) is 8.98. The van der Waals surface area contributed by atoms with Crippen molar-refractivity contribution in [2.45, 2.75) is 11.8 Å². The Morgan fingerprint density at radius 2 is 1.90 bits per heavy atom. The normalized spacial score (nSPS) is 12.1. The molecule has 0 unspecified atom stereocenters. The summed E-state index contributed by atoms with van der Waals surface area (Å²) in [7, 11) is 1.40. The van der Waals surface area contributed by atoms with E-state index in [2.05, 4.69) is 5.16 Å². The molecule has 0 radical (unpaired) electrons. The first-order valence-corrected chi connectivity index (χ1v) is 11.1. The van der Waals surface area contributed by atoms with Crippen molar-refractivity contribution in [2.75, 3.05) is 13.9 Å². The number of hydrogen-bond donors (Lipinski definition) is 0. The Morgan fingerprint density at radius 3 is 2.60 bits per heavy atom. The maximum Gasteiger partial charge on any atom is 1.00 e. The van der Waals surface area contributed by atoms with Crippen LogP contribution in [-0.4, -0.2) is 19.1 Å². The van der Waals surface area contributed by atoms with Gasteiger partial charge in [-0.2, -0.15) is 0 Å². The molecule has 1 aliphatic rings. The van der Waals surface area contributed by atoms with Crippen LogP contribution < -0.4 is 83.1 Å². The van der Waals surface area contributed by atoms with Gasteiger partial charge in [-0.3, -0.25) is 0 Å². The van der Waals surface area contributed by atoms with Crippen LogP contribution >= 0.6 is 18.2 Å². The van der Waals surface area contributed by atoms with Crippen LogP contribution in [0.2, 0.25) is 0 Å². The number of hydrogen-bond acceptors (Lipinski definition) is 9. The van der Waals surface area contributed by atoms with Gasteiger partial charge in [0.05, 0.1) is 12.0 Å². The van der Waals surface area contributed by atoms with E-state index in [0.717, 1.165) is 11.1 Å². The Bertz CT molecular complexity index is 1100. The molecular weight excluding hydrogens is 451 g/mol. The molecular formula is C18H14NNa2O7PS. The van der Waals surface area contributed by atoms with Gasteiger partial charge in [-0.15, -0.1) is 0 Å². The quantitative estimate of drug-likeness (QED) is 0.287.